The Hall–Kier alpha value is -0.888. The van der Waals surface area contributed by atoms with Gasteiger partial charge in [-0.2, -0.15) is 0 Å². The first-order chi connectivity index (χ1) is 7.72. The van der Waals surface area contributed by atoms with Crippen LogP contribution in [0.5, 0.6) is 0 Å². The summed E-state index contributed by atoms with van der Waals surface area (Å²) in [4.78, 5) is 14.1. The van der Waals surface area contributed by atoms with Crippen molar-refractivity contribution in [1.82, 2.24) is 8.11 Å². The first kappa shape index (κ1) is 11.6. The molecule has 2 aromatic rings. The van der Waals surface area contributed by atoms with Gasteiger partial charge in [0.2, 0.25) is 0 Å². The Balaban J connectivity index is 2.30. The van der Waals surface area contributed by atoms with Gasteiger partial charge in [0.05, 0.1) is 0 Å². The maximum atomic E-state index is 10.9. The van der Waals surface area contributed by atoms with Crippen LogP contribution in [0.15, 0.2) is 30.5 Å². The summed E-state index contributed by atoms with van der Waals surface area (Å²) < 4.78 is 2.96. The predicted molar refractivity (Wildman–Crippen MR) is 62.3 cm³/mol. The summed E-state index contributed by atoms with van der Waals surface area (Å²) in [6.45, 7) is 0. The number of hydrogen-bond donors (Lipinski definition) is 3. The fourth-order valence-corrected chi connectivity index (χ4v) is 2.75. The van der Waals surface area contributed by atoms with Crippen LogP contribution in [0.2, 0.25) is 0 Å². The fourth-order valence-electron chi connectivity index (χ4n) is 1.74. The number of para-hydroxylation sites is 1. The van der Waals surface area contributed by atoms with Crippen molar-refractivity contribution in [2.75, 3.05) is 0 Å². The zero-order valence-electron chi connectivity index (χ0n) is 8.60. The zero-order chi connectivity index (χ0) is 11.5. The summed E-state index contributed by atoms with van der Waals surface area (Å²) in [7, 11) is 0. The number of hydrogen-bond acceptors (Lipinski definition) is 2. The molecule has 5 heteroatoms. The van der Waals surface area contributed by atoms with Gasteiger partial charge < -0.3 is 0 Å². The van der Waals surface area contributed by atoms with E-state index in [1.165, 1.54) is 0 Å². The third kappa shape index (κ3) is 2.27. The number of carboxylic acids is 1. The summed E-state index contributed by atoms with van der Waals surface area (Å²) in [6, 6.07) is 7.46. The number of rotatable bonds is 4. The molecular formula is C11H11N2O2Tl. The van der Waals surface area contributed by atoms with Crippen LogP contribution in [0.3, 0.4) is 0 Å². The van der Waals surface area contributed by atoms with Gasteiger partial charge in [-0.3, -0.25) is 0 Å². The molecule has 0 aliphatic heterocycles. The molecule has 0 saturated carbocycles. The fraction of sp³-hybridized carbons (Fsp3) is 0.182. The molecule has 0 aliphatic carbocycles. The van der Waals surface area contributed by atoms with Crippen molar-refractivity contribution in [3.8, 4) is 0 Å². The van der Waals surface area contributed by atoms with E-state index in [-0.39, 0.29) is 0 Å². The van der Waals surface area contributed by atoms with Crippen molar-refractivity contribution in [3.63, 3.8) is 0 Å². The Morgan fingerprint density at radius 3 is 2.94 bits per heavy atom. The molecule has 0 saturated heterocycles. The van der Waals surface area contributed by atoms with E-state index in [1.54, 1.807) is 0 Å². The Bertz CT molecular complexity index is 509. The van der Waals surface area contributed by atoms with Crippen molar-refractivity contribution in [2.45, 2.75) is 12.5 Å². The van der Waals surface area contributed by atoms with Gasteiger partial charge in [0.15, 0.2) is 0 Å². The number of aromatic amines is 1. The molecule has 0 unspecified atom stereocenters. The first-order valence-electron chi connectivity index (χ1n) is 4.96. The molecule has 16 heavy (non-hydrogen) atoms. The summed E-state index contributed by atoms with van der Waals surface area (Å²) in [5, 5.41) is 10.1. The number of aliphatic carboxylic acids is 1. The van der Waals surface area contributed by atoms with Crippen LogP contribution in [0.1, 0.15) is 5.56 Å². The Kier molecular flexibility index (Phi) is 3.60. The van der Waals surface area contributed by atoms with Crippen molar-refractivity contribution in [1.29, 1.82) is 0 Å². The van der Waals surface area contributed by atoms with Crippen LogP contribution in [-0.2, 0) is 11.2 Å². The second-order valence-electron chi connectivity index (χ2n) is 3.62. The van der Waals surface area contributed by atoms with E-state index in [0.717, 1.165) is 16.5 Å². The van der Waals surface area contributed by atoms with Gasteiger partial charge in [0.25, 0.3) is 0 Å². The van der Waals surface area contributed by atoms with Gasteiger partial charge in [-0.15, -0.1) is 0 Å². The summed E-state index contributed by atoms with van der Waals surface area (Å²) in [5.41, 5.74) is 2.11. The third-order valence-corrected chi connectivity index (χ3v) is 4.16. The summed E-state index contributed by atoms with van der Waals surface area (Å²) in [5.74, 6) is -0.784. The van der Waals surface area contributed by atoms with Crippen LogP contribution >= 0.6 is 0 Å². The first-order valence-corrected chi connectivity index (χ1v) is 7.20. The van der Waals surface area contributed by atoms with Crippen molar-refractivity contribution in [2.24, 2.45) is 0 Å². The minimum atomic E-state index is -0.784. The van der Waals surface area contributed by atoms with E-state index < -0.39 is 12.0 Å². The van der Waals surface area contributed by atoms with E-state index in [9.17, 15) is 4.79 Å². The molecule has 0 amide bonds. The van der Waals surface area contributed by atoms with E-state index >= 15 is 0 Å². The molecule has 2 rings (SSSR count). The topological polar surface area (TPSA) is 65.1 Å². The predicted octanol–water partition coefficient (Wildman–Crippen LogP) is 0.837. The molecule has 1 heterocycles. The molecule has 1 aromatic heterocycles. The molecule has 0 aliphatic rings. The molecule has 80 valence electrons. The van der Waals surface area contributed by atoms with Gasteiger partial charge >= 0.3 is 109 Å². The number of carboxylic acid groups (broad SMARTS) is 1. The number of nitrogens with one attached hydrogen (secondary N) is 2. The number of fused-ring (bicyclic) bond motifs is 1. The zero-order valence-corrected chi connectivity index (χ0v) is 13.1. The van der Waals surface area contributed by atoms with Crippen molar-refractivity contribution >= 4 is 42.9 Å². The Morgan fingerprint density at radius 1 is 1.50 bits per heavy atom. The summed E-state index contributed by atoms with van der Waals surface area (Å²) >= 11 is 0.483. The molecule has 4 nitrogen and oxygen atoms in total. The standard InChI is InChI=1S/C11H11N2O2.Tl/c12-9(11(14)15)5-7-6-13-10-4-2-1-3-8(7)10;/h1-4,6,9,12-13H,5H2,(H,14,15);/q-1;+1/t9-;/m1./s1. The maximum absolute atomic E-state index is 10.9. The van der Waals surface area contributed by atoms with Crippen molar-refractivity contribution in [3.05, 3.63) is 36.0 Å². The molecule has 1 atom stereocenters. The second kappa shape index (κ2) is 4.96. The minimum absolute atomic E-state index is 0.468. The molecule has 1 aromatic carbocycles. The van der Waals surface area contributed by atoms with Crippen molar-refractivity contribution < 1.29 is 9.90 Å². The molecule has 0 fully saturated rings. The van der Waals surface area contributed by atoms with Crippen LogP contribution in [0.4, 0.5) is 0 Å². The number of aromatic nitrogens is 1. The quantitative estimate of drug-likeness (QED) is 0.658. The van der Waals surface area contributed by atoms with Gasteiger partial charge in [-0.25, -0.2) is 0 Å². The van der Waals surface area contributed by atoms with E-state index in [1.807, 2.05) is 30.5 Å². The third-order valence-electron chi connectivity index (χ3n) is 2.60. The Labute approximate surface area is 109 Å². The SMILES string of the molecule is O=C(O)[C@@H](Cc1c[nH]c2ccccc12)[NH][Tl]. The van der Waals surface area contributed by atoms with Crippen LogP contribution < -0.4 is 3.13 Å². The number of carbonyl (C=O) groups is 1. The summed E-state index contributed by atoms with van der Waals surface area (Å²) in [6.07, 6.45) is 2.42. The van der Waals surface area contributed by atoms with Gasteiger partial charge in [0, 0.05) is 0 Å². The molecule has 0 radical (unpaired) electrons. The van der Waals surface area contributed by atoms with Gasteiger partial charge in [-0.05, 0) is 0 Å². The van der Waals surface area contributed by atoms with Gasteiger partial charge in [0.1, 0.15) is 0 Å². The Morgan fingerprint density at radius 2 is 2.25 bits per heavy atom. The number of H-pyrrole nitrogens is 1. The normalized spacial score (nSPS) is 12.7. The average molecular weight is 408 g/mol. The van der Waals surface area contributed by atoms with Crippen LogP contribution in [0.25, 0.3) is 10.9 Å². The van der Waals surface area contributed by atoms with Crippen LogP contribution in [0, 0.1) is 0 Å². The van der Waals surface area contributed by atoms with E-state index in [0.29, 0.717) is 32.5 Å². The molecule has 3 N–H and O–H groups in total. The van der Waals surface area contributed by atoms with Crippen LogP contribution in [-0.4, -0.2) is 48.2 Å². The van der Waals surface area contributed by atoms with Gasteiger partial charge in [-0.1, -0.05) is 0 Å². The second-order valence-corrected chi connectivity index (χ2v) is 4.92. The average Bonchev–Trinajstić information content (AvgIpc) is 2.69. The number of benzene rings is 1. The van der Waals surface area contributed by atoms with E-state index in [2.05, 4.69) is 8.11 Å². The monoisotopic (exact) mass is 408 g/mol. The molecular weight excluding hydrogens is 397 g/mol. The molecule has 0 spiro atoms. The van der Waals surface area contributed by atoms with E-state index in [4.69, 9.17) is 5.11 Å². The molecule has 0 bridgehead atoms.